The van der Waals surface area contributed by atoms with E-state index in [1.54, 1.807) is 18.2 Å². The number of nitriles is 1. The zero-order valence-electron chi connectivity index (χ0n) is 8.77. The van der Waals surface area contributed by atoms with Crippen LogP contribution in [0.3, 0.4) is 0 Å². The van der Waals surface area contributed by atoms with Gasteiger partial charge in [0.1, 0.15) is 18.4 Å². The van der Waals surface area contributed by atoms with Crippen LogP contribution >= 0.6 is 0 Å². The molecule has 0 aliphatic rings. The zero-order chi connectivity index (χ0) is 10.9. The molecule has 0 unspecified atom stereocenters. The molecule has 4 heteroatoms. The largest absolute Gasteiger partial charge is 0.475 e. The van der Waals surface area contributed by atoms with Crippen molar-refractivity contribution in [3.63, 3.8) is 0 Å². The second kappa shape index (κ2) is 6.80. The van der Waals surface area contributed by atoms with Crippen molar-refractivity contribution >= 4 is 0 Å². The summed E-state index contributed by atoms with van der Waals surface area (Å²) in [5.41, 5.74) is 0.363. The lowest BCUT2D eigenvalue weighted by atomic mass is 10.4. The predicted octanol–water partition coefficient (Wildman–Crippen LogP) is 1.76. The number of aromatic nitrogens is 1. The maximum atomic E-state index is 8.61. The van der Waals surface area contributed by atoms with Crippen molar-refractivity contribution in [2.45, 2.75) is 13.3 Å². The van der Waals surface area contributed by atoms with Gasteiger partial charge < -0.3 is 9.47 Å². The molecule has 0 aliphatic heterocycles. The van der Waals surface area contributed by atoms with Crippen molar-refractivity contribution in [1.29, 1.82) is 5.26 Å². The molecule has 4 nitrogen and oxygen atoms in total. The zero-order valence-corrected chi connectivity index (χ0v) is 8.77. The van der Waals surface area contributed by atoms with Gasteiger partial charge in [-0.25, -0.2) is 4.98 Å². The van der Waals surface area contributed by atoms with Gasteiger partial charge in [-0.2, -0.15) is 5.26 Å². The minimum Gasteiger partial charge on any atom is -0.475 e. The number of hydrogen-bond donors (Lipinski definition) is 0. The van der Waals surface area contributed by atoms with Crippen LogP contribution in [0.25, 0.3) is 0 Å². The lowest BCUT2D eigenvalue weighted by Gasteiger charge is -2.05. The third-order valence-corrected chi connectivity index (χ3v) is 1.66. The molecule has 0 atom stereocenters. The standard InChI is InChI=1S/C11H14N2O2/c1-2-6-14-7-8-15-11-5-3-4-10(9-12)13-11/h3-5H,2,6-8H2,1H3. The second-order valence-electron chi connectivity index (χ2n) is 2.93. The van der Waals surface area contributed by atoms with Crippen LogP contribution in [0.1, 0.15) is 19.0 Å². The van der Waals surface area contributed by atoms with E-state index in [2.05, 4.69) is 11.9 Å². The molecule has 0 fully saturated rings. The Morgan fingerprint density at radius 3 is 2.93 bits per heavy atom. The normalized spacial score (nSPS) is 9.60. The van der Waals surface area contributed by atoms with Crippen LogP contribution in [0.4, 0.5) is 0 Å². The summed E-state index contributed by atoms with van der Waals surface area (Å²) in [6, 6.07) is 7.06. The van der Waals surface area contributed by atoms with Gasteiger partial charge in [-0.1, -0.05) is 13.0 Å². The van der Waals surface area contributed by atoms with E-state index in [-0.39, 0.29) is 0 Å². The van der Waals surface area contributed by atoms with Crippen molar-refractivity contribution < 1.29 is 9.47 Å². The van der Waals surface area contributed by atoms with E-state index < -0.39 is 0 Å². The highest BCUT2D eigenvalue weighted by Gasteiger charge is 1.97. The van der Waals surface area contributed by atoms with Crippen molar-refractivity contribution in [3.05, 3.63) is 23.9 Å². The molecule has 0 radical (unpaired) electrons. The second-order valence-corrected chi connectivity index (χ2v) is 2.93. The van der Waals surface area contributed by atoms with Crippen LogP contribution in [0.5, 0.6) is 5.88 Å². The first-order valence-electron chi connectivity index (χ1n) is 4.94. The Hall–Kier alpha value is -1.60. The minimum atomic E-state index is 0.363. The maximum absolute atomic E-state index is 8.61. The molecule has 1 rings (SSSR count). The molecule has 0 spiro atoms. The molecule has 0 amide bonds. The quantitative estimate of drug-likeness (QED) is 0.665. The molecule has 80 valence electrons. The fraction of sp³-hybridized carbons (Fsp3) is 0.455. The van der Waals surface area contributed by atoms with Crippen LogP contribution in [0, 0.1) is 11.3 Å². The SMILES string of the molecule is CCCOCCOc1cccc(C#N)n1. The topological polar surface area (TPSA) is 55.1 Å². The first-order chi connectivity index (χ1) is 7.36. The Morgan fingerprint density at radius 2 is 2.20 bits per heavy atom. The van der Waals surface area contributed by atoms with Gasteiger partial charge in [0.2, 0.25) is 5.88 Å². The van der Waals surface area contributed by atoms with Crippen LogP contribution < -0.4 is 4.74 Å². The fourth-order valence-electron chi connectivity index (χ4n) is 1.01. The Labute approximate surface area is 89.5 Å². The average molecular weight is 206 g/mol. The number of ether oxygens (including phenoxy) is 2. The number of rotatable bonds is 6. The van der Waals surface area contributed by atoms with Gasteiger partial charge in [-0.05, 0) is 12.5 Å². The summed E-state index contributed by atoms with van der Waals surface area (Å²) in [5, 5.41) is 8.61. The molecular weight excluding hydrogens is 192 g/mol. The van der Waals surface area contributed by atoms with E-state index in [0.717, 1.165) is 13.0 Å². The summed E-state index contributed by atoms with van der Waals surface area (Å²) >= 11 is 0. The van der Waals surface area contributed by atoms with Crippen molar-refractivity contribution in [1.82, 2.24) is 4.98 Å². The summed E-state index contributed by atoms with van der Waals surface area (Å²) in [6.45, 7) is 3.81. The van der Waals surface area contributed by atoms with Gasteiger partial charge >= 0.3 is 0 Å². The maximum Gasteiger partial charge on any atom is 0.214 e. The molecule has 0 aliphatic carbocycles. The minimum absolute atomic E-state index is 0.363. The van der Waals surface area contributed by atoms with Gasteiger partial charge in [0.25, 0.3) is 0 Å². The molecule has 0 saturated heterocycles. The van der Waals surface area contributed by atoms with Crippen LogP contribution in [0.2, 0.25) is 0 Å². The van der Waals surface area contributed by atoms with E-state index in [1.807, 2.05) is 6.07 Å². The number of nitrogens with zero attached hydrogens (tertiary/aromatic N) is 2. The Bertz CT molecular complexity index is 334. The molecule has 1 aromatic heterocycles. The van der Waals surface area contributed by atoms with Gasteiger partial charge in [0.15, 0.2) is 0 Å². The number of pyridine rings is 1. The Morgan fingerprint density at radius 1 is 1.33 bits per heavy atom. The van der Waals surface area contributed by atoms with E-state index in [1.165, 1.54) is 0 Å². The third kappa shape index (κ3) is 4.43. The van der Waals surface area contributed by atoms with E-state index in [9.17, 15) is 0 Å². The van der Waals surface area contributed by atoms with Gasteiger partial charge in [0, 0.05) is 12.7 Å². The molecule has 1 heterocycles. The molecule has 1 aromatic rings. The van der Waals surface area contributed by atoms with Gasteiger partial charge in [0.05, 0.1) is 6.61 Å². The summed E-state index contributed by atoms with van der Waals surface area (Å²) in [7, 11) is 0. The molecule has 0 saturated carbocycles. The highest BCUT2D eigenvalue weighted by Crippen LogP contribution is 2.06. The number of hydrogen-bond acceptors (Lipinski definition) is 4. The van der Waals surface area contributed by atoms with Crippen LogP contribution in [-0.2, 0) is 4.74 Å². The Balaban J connectivity index is 2.28. The summed E-state index contributed by atoms with van der Waals surface area (Å²) < 4.78 is 10.6. The molecule has 15 heavy (non-hydrogen) atoms. The first-order valence-corrected chi connectivity index (χ1v) is 4.94. The highest BCUT2D eigenvalue weighted by atomic mass is 16.5. The summed E-state index contributed by atoms with van der Waals surface area (Å²) in [5.74, 6) is 0.467. The average Bonchev–Trinajstić information content (AvgIpc) is 2.29. The lowest BCUT2D eigenvalue weighted by Crippen LogP contribution is -2.08. The Kier molecular flexibility index (Phi) is 5.20. The smallest absolute Gasteiger partial charge is 0.214 e. The fourth-order valence-corrected chi connectivity index (χ4v) is 1.01. The van der Waals surface area contributed by atoms with Gasteiger partial charge in [-0.3, -0.25) is 0 Å². The molecule has 0 aromatic carbocycles. The molecule has 0 N–H and O–H groups in total. The lowest BCUT2D eigenvalue weighted by molar-refractivity contribution is 0.0990. The third-order valence-electron chi connectivity index (χ3n) is 1.66. The molecule has 0 bridgehead atoms. The monoisotopic (exact) mass is 206 g/mol. The van der Waals surface area contributed by atoms with Crippen LogP contribution in [-0.4, -0.2) is 24.8 Å². The van der Waals surface area contributed by atoms with E-state index in [0.29, 0.717) is 24.8 Å². The van der Waals surface area contributed by atoms with Crippen molar-refractivity contribution in [2.24, 2.45) is 0 Å². The van der Waals surface area contributed by atoms with Crippen molar-refractivity contribution in [3.8, 4) is 11.9 Å². The molecular formula is C11H14N2O2. The summed E-state index contributed by atoms with van der Waals surface area (Å²) in [6.07, 6.45) is 1.00. The summed E-state index contributed by atoms with van der Waals surface area (Å²) in [4.78, 5) is 3.97. The first kappa shape index (κ1) is 11.5. The highest BCUT2D eigenvalue weighted by molar-refractivity contribution is 5.24. The predicted molar refractivity (Wildman–Crippen MR) is 55.6 cm³/mol. The van der Waals surface area contributed by atoms with E-state index in [4.69, 9.17) is 14.7 Å². The van der Waals surface area contributed by atoms with Crippen LogP contribution in [0.15, 0.2) is 18.2 Å². The van der Waals surface area contributed by atoms with Crippen molar-refractivity contribution in [2.75, 3.05) is 19.8 Å². The van der Waals surface area contributed by atoms with E-state index >= 15 is 0 Å². The van der Waals surface area contributed by atoms with Gasteiger partial charge in [-0.15, -0.1) is 0 Å².